The standard InChI is InChI=1S/C21H32N2O3Si/c1-20(2,3)25-19(24)23-18-16-11-10-15(22-7)12-14(16)13-17(18)26-27(8,9)21(4,5)6/h10-12,17-18H,13H2,1-6,8-9H3,(H,23,24)/t17-,18-/m0/s1. The first kappa shape index (κ1) is 21.5. The number of hydrogen-bond acceptors (Lipinski definition) is 3. The first-order valence-corrected chi connectivity index (χ1v) is 12.3. The zero-order valence-corrected chi connectivity index (χ0v) is 18.8. The number of benzene rings is 1. The molecule has 1 amide bonds. The topological polar surface area (TPSA) is 51.9 Å². The van der Waals surface area contributed by atoms with Gasteiger partial charge in [-0.15, -0.1) is 0 Å². The van der Waals surface area contributed by atoms with E-state index in [1.165, 1.54) is 0 Å². The van der Waals surface area contributed by atoms with Crippen LogP contribution in [0, 0.1) is 6.57 Å². The molecule has 0 saturated carbocycles. The van der Waals surface area contributed by atoms with Crippen LogP contribution in [0.25, 0.3) is 4.85 Å². The van der Waals surface area contributed by atoms with Gasteiger partial charge < -0.3 is 14.5 Å². The fourth-order valence-electron chi connectivity index (χ4n) is 2.95. The van der Waals surface area contributed by atoms with E-state index < -0.39 is 20.0 Å². The van der Waals surface area contributed by atoms with Crippen molar-refractivity contribution in [3.05, 3.63) is 40.7 Å². The van der Waals surface area contributed by atoms with E-state index >= 15 is 0 Å². The third-order valence-corrected chi connectivity index (χ3v) is 9.81. The van der Waals surface area contributed by atoms with Gasteiger partial charge in [-0.2, -0.15) is 0 Å². The second-order valence-corrected chi connectivity index (χ2v) is 14.5. The Bertz CT molecular complexity index is 754. The molecular weight excluding hydrogens is 356 g/mol. The number of amides is 1. The minimum Gasteiger partial charge on any atom is -0.444 e. The predicted octanol–water partition coefficient (Wildman–Crippen LogP) is 5.75. The molecule has 1 aliphatic rings. The van der Waals surface area contributed by atoms with Gasteiger partial charge in [0.2, 0.25) is 0 Å². The van der Waals surface area contributed by atoms with Crippen molar-refractivity contribution in [2.45, 2.75) is 83.8 Å². The van der Waals surface area contributed by atoms with Crippen molar-refractivity contribution in [2.24, 2.45) is 0 Å². The fourth-order valence-corrected chi connectivity index (χ4v) is 4.28. The Balaban J connectivity index is 2.32. The molecule has 6 heteroatoms. The van der Waals surface area contributed by atoms with Crippen LogP contribution in [0.3, 0.4) is 0 Å². The quantitative estimate of drug-likeness (QED) is 0.530. The molecule has 0 saturated heterocycles. The van der Waals surface area contributed by atoms with Gasteiger partial charge in [0.15, 0.2) is 14.0 Å². The van der Waals surface area contributed by atoms with Crippen LogP contribution in [-0.4, -0.2) is 26.1 Å². The lowest BCUT2D eigenvalue weighted by molar-refractivity contribution is 0.0446. The molecule has 1 aliphatic carbocycles. The van der Waals surface area contributed by atoms with Crippen LogP contribution in [0.4, 0.5) is 10.5 Å². The summed E-state index contributed by atoms with van der Waals surface area (Å²) >= 11 is 0. The van der Waals surface area contributed by atoms with Gasteiger partial charge in [-0.25, -0.2) is 9.64 Å². The van der Waals surface area contributed by atoms with Crippen LogP contribution in [0.2, 0.25) is 18.1 Å². The minimum atomic E-state index is -2.02. The fraction of sp³-hybridized carbons (Fsp3) is 0.619. The van der Waals surface area contributed by atoms with E-state index in [1.54, 1.807) is 6.07 Å². The molecule has 0 unspecified atom stereocenters. The highest BCUT2D eigenvalue weighted by atomic mass is 28.4. The summed E-state index contributed by atoms with van der Waals surface area (Å²) in [5, 5.41) is 3.08. The third-order valence-electron chi connectivity index (χ3n) is 5.31. The Kier molecular flexibility index (Phi) is 5.79. The van der Waals surface area contributed by atoms with Crippen molar-refractivity contribution in [1.29, 1.82) is 0 Å². The number of fused-ring (bicyclic) bond motifs is 1. The summed E-state index contributed by atoms with van der Waals surface area (Å²) in [6.07, 6.45) is 0.0823. The van der Waals surface area contributed by atoms with Crippen LogP contribution in [-0.2, 0) is 15.6 Å². The lowest BCUT2D eigenvalue weighted by atomic mass is 10.1. The van der Waals surface area contributed by atoms with Crippen LogP contribution in [0.15, 0.2) is 18.2 Å². The molecule has 148 valence electrons. The number of nitrogens with one attached hydrogen (secondary N) is 1. The molecule has 2 atom stereocenters. The first-order valence-electron chi connectivity index (χ1n) is 9.41. The van der Waals surface area contributed by atoms with E-state index in [1.807, 2.05) is 32.9 Å². The molecular formula is C21H32N2O3Si. The average molecular weight is 389 g/mol. The third kappa shape index (κ3) is 5.11. The average Bonchev–Trinajstić information content (AvgIpc) is 2.80. The van der Waals surface area contributed by atoms with Crippen LogP contribution in [0.5, 0.6) is 0 Å². The zero-order chi connectivity index (χ0) is 20.6. The highest BCUT2D eigenvalue weighted by Crippen LogP contribution is 2.42. The van der Waals surface area contributed by atoms with Crippen molar-refractivity contribution in [2.75, 3.05) is 0 Å². The molecule has 1 aromatic rings. The molecule has 0 spiro atoms. The van der Waals surface area contributed by atoms with E-state index in [2.05, 4.69) is 44.0 Å². The van der Waals surface area contributed by atoms with Gasteiger partial charge in [-0.3, -0.25) is 0 Å². The van der Waals surface area contributed by atoms with E-state index in [9.17, 15) is 4.79 Å². The lowest BCUT2D eigenvalue weighted by Crippen LogP contribution is -2.47. The molecule has 1 aromatic carbocycles. The molecule has 0 aliphatic heterocycles. The molecule has 1 N–H and O–H groups in total. The second kappa shape index (κ2) is 7.29. The van der Waals surface area contributed by atoms with Gasteiger partial charge in [-0.05, 0) is 50.9 Å². The predicted molar refractivity (Wildman–Crippen MR) is 111 cm³/mol. The summed E-state index contributed by atoms with van der Waals surface area (Å²) in [5.74, 6) is 0. The molecule has 5 nitrogen and oxygen atoms in total. The maximum atomic E-state index is 12.4. The van der Waals surface area contributed by atoms with E-state index in [4.69, 9.17) is 15.7 Å². The normalized spacial score (nSPS) is 20.0. The molecule has 0 bridgehead atoms. The largest absolute Gasteiger partial charge is 0.444 e. The number of hydrogen-bond donors (Lipinski definition) is 1. The monoisotopic (exact) mass is 388 g/mol. The number of nitrogens with zero attached hydrogens (tertiary/aromatic N) is 1. The molecule has 0 fully saturated rings. The summed E-state index contributed by atoms with van der Waals surface area (Å²) in [7, 11) is -2.02. The SMILES string of the molecule is [C-]#[N+]c1ccc2c(c1)C[C@H](O[Si](C)(C)C(C)(C)C)[C@H]2NC(=O)OC(C)(C)C. The van der Waals surface area contributed by atoms with Gasteiger partial charge >= 0.3 is 6.09 Å². The van der Waals surface area contributed by atoms with Gasteiger partial charge in [-0.1, -0.05) is 44.5 Å². The van der Waals surface area contributed by atoms with E-state index in [0.29, 0.717) is 12.1 Å². The summed E-state index contributed by atoms with van der Waals surface area (Å²) in [6.45, 7) is 23.8. The first-order chi connectivity index (χ1) is 12.2. The Morgan fingerprint density at radius 2 is 1.85 bits per heavy atom. The van der Waals surface area contributed by atoms with Gasteiger partial charge in [0.1, 0.15) is 5.60 Å². The van der Waals surface area contributed by atoms with E-state index in [-0.39, 0.29) is 17.2 Å². The molecule has 0 aromatic heterocycles. The summed E-state index contributed by atoms with van der Waals surface area (Å²) in [4.78, 5) is 16.0. The number of ether oxygens (including phenoxy) is 1. The van der Waals surface area contributed by atoms with Crippen molar-refractivity contribution in [3.8, 4) is 0 Å². The Labute approximate surface area is 164 Å². The second-order valence-electron chi connectivity index (χ2n) is 9.74. The summed E-state index contributed by atoms with van der Waals surface area (Å²) in [5.41, 5.74) is 2.12. The van der Waals surface area contributed by atoms with Gasteiger partial charge in [0, 0.05) is 0 Å². The van der Waals surface area contributed by atoms with Crippen LogP contribution in [0.1, 0.15) is 58.7 Å². The molecule has 0 radical (unpaired) electrons. The van der Waals surface area contributed by atoms with E-state index in [0.717, 1.165) is 11.1 Å². The number of rotatable bonds is 3. The van der Waals surface area contributed by atoms with Crippen LogP contribution < -0.4 is 5.32 Å². The van der Waals surface area contributed by atoms with Gasteiger partial charge in [0.25, 0.3) is 0 Å². The van der Waals surface area contributed by atoms with Crippen molar-refractivity contribution >= 4 is 20.1 Å². The van der Waals surface area contributed by atoms with Crippen LogP contribution >= 0.6 is 0 Å². The lowest BCUT2D eigenvalue weighted by Gasteiger charge is -2.40. The summed E-state index contributed by atoms with van der Waals surface area (Å²) in [6, 6.07) is 5.36. The molecule has 2 rings (SSSR count). The number of carbonyl (C=O) groups is 1. The molecule has 0 heterocycles. The Hall–Kier alpha value is -1.84. The zero-order valence-electron chi connectivity index (χ0n) is 17.8. The maximum Gasteiger partial charge on any atom is 0.408 e. The Morgan fingerprint density at radius 1 is 1.22 bits per heavy atom. The van der Waals surface area contributed by atoms with Gasteiger partial charge in [0.05, 0.1) is 18.7 Å². The summed E-state index contributed by atoms with van der Waals surface area (Å²) < 4.78 is 12.1. The highest BCUT2D eigenvalue weighted by Gasteiger charge is 2.44. The van der Waals surface area contributed by atoms with Crippen molar-refractivity contribution in [1.82, 2.24) is 5.32 Å². The smallest absolute Gasteiger partial charge is 0.408 e. The Morgan fingerprint density at radius 3 is 2.37 bits per heavy atom. The number of carbonyl (C=O) groups excluding carboxylic acids is 1. The maximum absolute atomic E-state index is 12.4. The highest BCUT2D eigenvalue weighted by molar-refractivity contribution is 6.74. The molecule has 27 heavy (non-hydrogen) atoms. The minimum absolute atomic E-state index is 0.0694. The van der Waals surface area contributed by atoms with Crippen molar-refractivity contribution < 1.29 is 14.0 Å². The van der Waals surface area contributed by atoms with Crippen molar-refractivity contribution in [3.63, 3.8) is 0 Å². The number of alkyl carbamates (subject to hydrolysis) is 1.